The van der Waals surface area contributed by atoms with Crippen LogP contribution in [0.2, 0.25) is 0 Å². The maximum absolute atomic E-state index is 12.3. The van der Waals surface area contributed by atoms with E-state index in [-0.39, 0.29) is 5.92 Å². The molecule has 0 radical (unpaired) electrons. The maximum atomic E-state index is 12.3. The van der Waals surface area contributed by atoms with Crippen LogP contribution in [0.5, 0.6) is 0 Å². The van der Waals surface area contributed by atoms with Gasteiger partial charge in [0, 0.05) is 19.0 Å². The highest BCUT2D eigenvalue weighted by atomic mass is 16.2. The molecule has 0 aromatic carbocycles. The van der Waals surface area contributed by atoms with Gasteiger partial charge in [-0.3, -0.25) is 4.79 Å². The number of rotatable bonds is 2. The largest absolute Gasteiger partial charge is 0.338 e. The SMILES string of the molecule is CC1=CCN(C(=O)C2CCC(CN)CC2)CC1. The van der Waals surface area contributed by atoms with Crippen molar-refractivity contribution in [3.8, 4) is 0 Å². The van der Waals surface area contributed by atoms with Crippen molar-refractivity contribution in [1.29, 1.82) is 0 Å². The highest BCUT2D eigenvalue weighted by Crippen LogP contribution is 2.30. The zero-order valence-corrected chi connectivity index (χ0v) is 10.8. The van der Waals surface area contributed by atoms with Crippen LogP contribution in [0.25, 0.3) is 0 Å². The zero-order chi connectivity index (χ0) is 12.3. The molecule has 1 fully saturated rings. The summed E-state index contributed by atoms with van der Waals surface area (Å²) in [5, 5.41) is 0. The Balaban J connectivity index is 1.85. The summed E-state index contributed by atoms with van der Waals surface area (Å²) in [6.45, 7) is 4.67. The molecule has 96 valence electrons. The van der Waals surface area contributed by atoms with Gasteiger partial charge in [-0.15, -0.1) is 0 Å². The van der Waals surface area contributed by atoms with E-state index in [9.17, 15) is 4.79 Å². The van der Waals surface area contributed by atoms with Gasteiger partial charge in [0.1, 0.15) is 0 Å². The Labute approximate surface area is 104 Å². The second-order valence-electron chi connectivity index (χ2n) is 5.54. The van der Waals surface area contributed by atoms with Crippen molar-refractivity contribution in [3.05, 3.63) is 11.6 Å². The van der Waals surface area contributed by atoms with Crippen molar-refractivity contribution in [2.75, 3.05) is 19.6 Å². The normalized spacial score (nSPS) is 30.0. The molecule has 0 atom stereocenters. The first-order chi connectivity index (χ1) is 8.20. The number of carbonyl (C=O) groups is 1. The summed E-state index contributed by atoms with van der Waals surface area (Å²) in [4.78, 5) is 14.3. The quantitative estimate of drug-likeness (QED) is 0.745. The lowest BCUT2D eigenvalue weighted by atomic mass is 9.81. The van der Waals surface area contributed by atoms with Gasteiger partial charge in [0.05, 0.1) is 0 Å². The summed E-state index contributed by atoms with van der Waals surface area (Å²) in [5.41, 5.74) is 7.10. The third-order valence-corrected chi connectivity index (χ3v) is 4.28. The van der Waals surface area contributed by atoms with E-state index < -0.39 is 0 Å². The molecular formula is C14H24N2O. The molecule has 0 aromatic heterocycles. The molecule has 0 unspecified atom stereocenters. The standard InChI is InChI=1S/C14H24N2O/c1-11-6-8-16(9-7-11)14(17)13-4-2-12(10-15)3-5-13/h6,12-13H,2-5,7-10,15H2,1H3. The first-order valence-corrected chi connectivity index (χ1v) is 6.85. The number of nitrogens with two attached hydrogens (primary N) is 1. The summed E-state index contributed by atoms with van der Waals surface area (Å²) in [6.07, 6.45) is 7.59. The highest BCUT2D eigenvalue weighted by Gasteiger charge is 2.29. The lowest BCUT2D eigenvalue weighted by Gasteiger charge is -2.33. The Morgan fingerprint density at radius 3 is 2.65 bits per heavy atom. The van der Waals surface area contributed by atoms with Crippen LogP contribution in [0.1, 0.15) is 39.0 Å². The van der Waals surface area contributed by atoms with Crippen molar-refractivity contribution in [1.82, 2.24) is 4.90 Å². The van der Waals surface area contributed by atoms with Gasteiger partial charge in [-0.05, 0) is 51.5 Å². The summed E-state index contributed by atoms with van der Waals surface area (Å²) in [6, 6.07) is 0. The first kappa shape index (κ1) is 12.6. The van der Waals surface area contributed by atoms with E-state index in [1.807, 2.05) is 4.90 Å². The lowest BCUT2D eigenvalue weighted by molar-refractivity contribution is -0.136. The number of hydrogen-bond donors (Lipinski definition) is 1. The smallest absolute Gasteiger partial charge is 0.225 e. The zero-order valence-electron chi connectivity index (χ0n) is 10.8. The van der Waals surface area contributed by atoms with Gasteiger partial charge in [0.25, 0.3) is 0 Å². The van der Waals surface area contributed by atoms with Gasteiger partial charge < -0.3 is 10.6 Å². The van der Waals surface area contributed by atoms with Gasteiger partial charge in [-0.2, -0.15) is 0 Å². The van der Waals surface area contributed by atoms with Gasteiger partial charge in [0.2, 0.25) is 5.91 Å². The second-order valence-corrected chi connectivity index (χ2v) is 5.54. The number of carbonyl (C=O) groups excluding carboxylic acids is 1. The van der Waals surface area contributed by atoms with E-state index in [0.29, 0.717) is 11.8 Å². The van der Waals surface area contributed by atoms with Gasteiger partial charge >= 0.3 is 0 Å². The summed E-state index contributed by atoms with van der Waals surface area (Å²) in [7, 11) is 0. The van der Waals surface area contributed by atoms with Crippen molar-refractivity contribution in [2.45, 2.75) is 39.0 Å². The maximum Gasteiger partial charge on any atom is 0.225 e. The summed E-state index contributed by atoms with van der Waals surface area (Å²) < 4.78 is 0. The van der Waals surface area contributed by atoms with Crippen LogP contribution in [0.3, 0.4) is 0 Å². The Morgan fingerprint density at radius 2 is 2.12 bits per heavy atom. The molecule has 1 aliphatic heterocycles. The fraction of sp³-hybridized carbons (Fsp3) is 0.786. The highest BCUT2D eigenvalue weighted by molar-refractivity contribution is 5.79. The molecule has 1 heterocycles. The average molecular weight is 236 g/mol. The number of nitrogens with zero attached hydrogens (tertiary/aromatic N) is 1. The molecule has 2 rings (SSSR count). The molecule has 0 saturated heterocycles. The van der Waals surface area contributed by atoms with Gasteiger partial charge in [-0.1, -0.05) is 11.6 Å². The topological polar surface area (TPSA) is 46.3 Å². The molecular weight excluding hydrogens is 212 g/mol. The Bertz CT molecular complexity index is 303. The van der Waals surface area contributed by atoms with E-state index in [1.165, 1.54) is 5.57 Å². The fourth-order valence-electron chi connectivity index (χ4n) is 2.87. The minimum Gasteiger partial charge on any atom is -0.338 e. The van der Waals surface area contributed by atoms with Crippen LogP contribution in [0.15, 0.2) is 11.6 Å². The number of hydrogen-bond acceptors (Lipinski definition) is 2. The molecule has 1 saturated carbocycles. The third kappa shape index (κ3) is 3.09. The molecule has 0 aromatic rings. The monoisotopic (exact) mass is 236 g/mol. The van der Waals surface area contributed by atoms with Crippen LogP contribution < -0.4 is 5.73 Å². The Hall–Kier alpha value is -0.830. The summed E-state index contributed by atoms with van der Waals surface area (Å²) >= 11 is 0. The Kier molecular flexibility index (Phi) is 4.21. The second kappa shape index (κ2) is 5.67. The molecule has 2 aliphatic rings. The third-order valence-electron chi connectivity index (χ3n) is 4.28. The van der Waals surface area contributed by atoms with Crippen LogP contribution in [0.4, 0.5) is 0 Å². The van der Waals surface area contributed by atoms with Crippen LogP contribution in [-0.2, 0) is 4.79 Å². The molecule has 1 amide bonds. The Morgan fingerprint density at radius 1 is 1.41 bits per heavy atom. The molecule has 0 spiro atoms. The lowest BCUT2D eigenvalue weighted by Crippen LogP contribution is -2.40. The summed E-state index contributed by atoms with van der Waals surface area (Å²) in [5.74, 6) is 1.30. The van der Waals surface area contributed by atoms with Crippen molar-refractivity contribution < 1.29 is 4.79 Å². The van der Waals surface area contributed by atoms with Crippen LogP contribution in [0, 0.1) is 11.8 Å². The fourth-order valence-corrected chi connectivity index (χ4v) is 2.87. The van der Waals surface area contributed by atoms with E-state index in [4.69, 9.17) is 5.73 Å². The molecule has 3 heteroatoms. The minimum atomic E-state index is 0.268. The number of amides is 1. The van der Waals surface area contributed by atoms with Crippen LogP contribution in [-0.4, -0.2) is 30.4 Å². The van der Waals surface area contributed by atoms with E-state index >= 15 is 0 Å². The first-order valence-electron chi connectivity index (χ1n) is 6.85. The van der Waals surface area contributed by atoms with E-state index in [2.05, 4.69) is 13.0 Å². The van der Waals surface area contributed by atoms with Gasteiger partial charge in [0.15, 0.2) is 0 Å². The van der Waals surface area contributed by atoms with E-state index in [1.54, 1.807) is 0 Å². The average Bonchev–Trinajstić information content (AvgIpc) is 2.39. The predicted molar refractivity (Wildman–Crippen MR) is 69.5 cm³/mol. The molecule has 2 N–H and O–H groups in total. The van der Waals surface area contributed by atoms with Gasteiger partial charge in [-0.25, -0.2) is 0 Å². The van der Waals surface area contributed by atoms with Crippen molar-refractivity contribution >= 4 is 5.91 Å². The van der Waals surface area contributed by atoms with Crippen molar-refractivity contribution in [3.63, 3.8) is 0 Å². The minimum absolute atomic E-state index is 0.268. The van der Waals surface area contributed by atoms with E-state index in [0.717, 1.165) is 51.7 Å². The van der Waals surface area contributed by atoms with Crippen molar-refractivity contribution in [2.24, 2.45) is 17.6 Å². The molecule has 1 aliphatic carbocycles. The molecule has 17 heavy (non-hydrogen) atoms. The molecule has 3 nitrogen and oxygen atoms in total. The molecule has 0 bridgehead atoms. The predicted octanol–water partition coefficient (Wildman–Crippen LogP) is 1.93. The van der Waals surface area contributed by atoms with Crippen LogP contribution >= 0.6 is 0 Å².